The molecule has 1 aromatic heterocycles. The van der Waals surface area contributed by atoms with Crippen LogP contribution in [0, 0.1) is 10.1 Å². The highest BCUT2D eigenvalue weighted by Crippen LogP contribution is 2.31. The fourth-order valence-electron chi connectivity index (χ4n) is 1.69. The SMILES string of the molecule is CCCCCNc1nc(OC)nc(NCC)c1[N+](=O)[O-]. The quantitative estimate of drug-likeness (QED) is 0.407. The summed E-state index contributed by atoms with van der Waals surface area (Å²) in [6.45, 7) is 5.09. The van der Waals surface area contributed by atoms with Gasteiger partial charge in [-0.2, -0.15) is 9.97 Å². The van der Waals surface area contributed by atoms with Crippen LogP contribution in [0.4, 0.5) is 17.3 Å². The number of methoxy groups -OCH3 is 1. The zero-order chi connectivity index (χ0) is 15.0. The van der Waals surface area contributed by atoms with Gasteiger partial charge in [0, 0.05) is 13.1 Å². The molecule has 0 aliphatic carbocycles. The molecule has 0 bridgehead atoms. The molecule has 1 aromatic rings. The van der Waals surface area contributed by atoms with Gasteiger partial charge in [-0.3, -0.25) is 10.1 Å². The van der Waals surface area contributed by atoms with Crippen molar-refractivity contribution in [3.8, 4) is 6.01 Å². The van der Waals surface area contributed by atoms with Crippen LogP contribution in [0.15, 0.2) is 0 Å². The largest absolute Gasteiger partial charge is 0.467 e. The first-order valence-electron chi connectivity index (χ1n) is 6.72. The molecule has 0 amide bonds. The Bertz CT molecular complexity index is 453. The van der Waals surface area contributed by atoms with Crippen molar-refractivity contribution in [2.75, 3.05) is 30.8 Å². The van der Waals surface area contributed by atoms with Crippen LogP contribution in [0.5, 0.6) is 6.01 Å². The van der Waals surface area contributed by atoms with Crippen molar-refractivity contribution < 1.29 is 9.66 Å². The third kappa shape index (κ3) is 4.22. The standard InChI is InChI=1S/C12H21N5O3/c1-4-6-7-8-14-11-9(17(18)19)10(13-5-2)15-12(16-11)20-3/h4-8H2,1-3H3,(H2,13,14,15,16). The highest BCUT2D eigenvalue weighted by molar-refractivity contribution is 5.70. The third-order valence-corrected chi connectivity index (χ3v) is 2.65. The highest BCUT2D eigenvalue weighted by atomic mass is 16.6. The van der Waals surface area contributed by atoms with Gasteiger partial charge in [-0.1, -0.05) is 19.8 Å². The van der Waals surface area contributed by atoms with Gasteiger partial charge in [0.1, 0.15) is 0 Å². The smallest absolute Gasteiger partial charge is 0.353 e. The summed E-state index contributed by atoms with van der Waals surface area (Å²) in [5.41, 5.74) is -0.149. The van der Waals surface area contributed by atoms with E-state index in [1.165, 1.54) is 7.11 Å². The first-order valence-corrected chi connectivity index (χ1v) is 6.72. The maximum atomic E-state index is 11.2. The van der Waals surface area contributed by atoms with E-state index in [4.69, 9.17) is 4.74 Å². The van der Waals surface area contributed by atoms with E-state index in [9.17, 15) is 10.1 Å². The van der Waals surface area contributed by atoms with Gasteiger partial charge >= 0.3 is 11.7 Å². The molecule has 0 saturated carbocycles. The Labute approximate surface area is 118 Å². The Kier molecular flexibility index (Phi) is 6.48. The first kappa shape index (κ1) is 15.9. The van der Waals surface area contributed by atoms with Crippen LogP contribution in [-0.4, -0.2) is 35.1 Å². The molecule has 0 aliphatic rings. The predicted octanol–water partition coefficient (Wildman–Crippen LogP) is 2.43. The summed E-state index contributed by atoms with van der Waals surface area (Å²) in [5, 5.41) is 17.1. The number of hydrogen-bond acceptors (Lipinski definition) is 7. The number of nitrogens with zero attached hydrogens (tertiary/aromatic N) is 3. The molecule has 0 unspecified atom stereocenters. The Morgan fingerprint density at radius 1 is 1.20 bits per heavy atom. The average molecular weight is 283 g/mol. The average Bonchev–Trinajstić information content (AvgIpc) is 2.43. The fourth-order valence-corrected chi connectivity index (χ4v) is 1.69. The van der Waals surface area contributed by atoms with Crippen molar-refractivity contribution >= 4 is 17.3 Å². The number of aromatic nitrogens is 2. The lowest BCUT2D eigenvalue weighted by Gasteiger charge is -2.10. The topological polar surface area (TPSA) is 102 Å². The molecule has 0 aromatic carbocycles. The maximum absolute atomic E-state index is 11.2. The Morgan fingerprint density at radius 3 is 2.35 bits per heavy atom. The molecule has 0 spiro atoms. The summed E-state index contributed by atoms with van der Waals surface area (Å²) in [7, 11) is 1.43. The van der Waals surface area contributed by atoms with E-state index in [2.05, 4.69) is 27.5 Å². The van der Waals surface area contributed by atoms with E-state index in [1.54, 1.807) is 0 Å². The van der Waals surface area contributed by atoms with Crippen molar-refractivity contribution in [2.45, 2.75) is 33.1 Å². The van der Waals surface area contributed by atoms with Crippen LogP contribution < -0.4 is 15.4 Å². The molecule has 112 valence electrons. The predicted molar refractivity (Wildman–Crippen MR) is 77.4 cm³/mol. The molecule has 0 saturated heterocycles. The third-order valence-electron chi connectivity index (χ3n) is 2.65. The van der Waals surface area contributed by atoms with Crippen molar-refractivity contribution in [1.29, 1.82) is 0 Å². The minimum Gasteiger partial charge on any atom is -0.467 e. The second-order valence-corrected chi connectivity index (χ2v) is 4.18. The zero-order valence-electron chi connectivity index (χ0n) is 12.1. The molecule has 8 nitrogen and oxygen atoms in total. The number of nitro groups is 1. The van der Waals surface area contributed by atoms with Gasteiger partial charge in [0.25, 0.3) is 0 Å². The number of hydrogen-bond donors (Lipinski definition) is 2. The van der Waals surface area contributed by atoms with Crippen LogP contribution in [0.2, 0.25) is 0 Å². The monoisotopic (exact) mass is 283 g/mol. The molecule has 1 heterocycles. The lowest BCUT2D eigenvalue weighted by Crippen LogP contribution is -2.12. The van der Waals surface area contributed by atoms with Crippen molar-refractivity contribution in [1.82, 2.24) is 9.97 Å². The van der Waals surface area contributed by atoms with Crippen molar-refractivity contribution in [3.05, 3.63) is 10.1 Å². The van der Waals surface area contributed by atoms with Crippen LogP contribution in [0.1, 0.15) is 33.1 Å². The summed E-state index contributed by atoms with van der Waals surface area (Å²) in [5.74, 6) is 0.358. The summed E-state index contributed by atoms with van der Waals surface area (Å²) < 4.78 is 4.98. The number of rotatable bonds is 9. The van der Waals surface area contributed by atoms with E-state index in [1.807, 2.05) is 6.92 Å². The fraction of sp³-hybridized carbons (Fsp3) is 0.667. The zero-order valence-corrected chi connectivity index (χ0v) is 12.1. The van der Waals surface area contributed by atoms with E-state index in [0.717, 1.165) is 19.3 Å². The second kappa shape index (κ2) is 8.13. The second-order valence-electron chi connectivity index (χ2n) is 4.18. The minimum absolute atomic E-state index is 0.101. The van der Waals surface area contributed by atoms with E-state index >= 15 is 0 Å². The molecular weight excluding hydrogens is 262 g/mol. The van der Waals surface area contributed by atoms with Crippen LogP contribution in [0.3, 0.4) is 0 Å². The van der Waals surface area contributed by atoms with Crippen LogP contribution in [0.25, 0.3) is 0 Å². The highest BCUT2D eigenvalue weighted by Gasteiger charge is 2.24. The lowest BCUT2D eigenvalue weighted by atomic mass is 10.2. The summed E-state index contributed by atoms with van der Waals surface area (Å²) in [6.07, 6.45) is 3.07. The van der Waals surface area contributed by atoms with Crippen molar-refractivity contribution in [2.24, 2.45) is 0 Å². The molecule has 0 fully saturated rings. The molecule has 8 heteroatoms. The summed E-state index contributed by atoms with van der Waals surface area (Å²) in [4.78, 5) is 18.7. The molecular formula is C12H21N5O3. The Balaban J connectivity index is 3.03. The Morgan fingerprint density at radius 2 is 1.85 bits per heavy atom. The first-order chi connectivity index (χ1) is 9.63. The van der Waals surface area contributed by atoms with Gasteiger partial charge in [-0.05, 0) is 13.3 Å². The van der Waals surface area contributed by atoms with Gasteiger partial charge in [-0.15, -0.1) is 0 Å². The minimum atomic E-state index is -0.487. The molecule has 0 radical (unpaired) electrons. The summed E-state index contributed by atoms with van der Waals surface area (Å²) >= 11 is 0. The van der Waals surface area contributed by atoms with Crippen LogP contribution in [-0.2, 0) is 0 Å². The molecule has 0 aliphatic heterocycles. The Hall–Kier alpha value is -2.12. The van der Waals surface area contributed by atoms with E-state index in [0.29, 0.717) is 13.1 Å². The van der Waals surface area contributed by atoms with Gasteiger partial charge < -0.3 is 15.4 Å². The van der Waals surface area contributed by atoms with Gasteiger partial charge in [0.05, 0.1) is 12.0 Å². The van der Waals surface area contributed by atoms with E-state index in [-0.39, 0.29) is 23.3 Å². The maximum Gasteiger partial charge on any atom is 0.353 e. The van der Waals surface area contributed by atoms with Crippen LogP contribution >= 0.6 is 0 Å². The molecule has 2 N–H and O–H groups in total. The van der Waals surface area contributed by atoms with Crippen molar-refractivity contribution in [3.63, 3.8) is 0 Å². The lowest BCUT2D eigenvalue weighted by molar-refractivity contribution is -0.383. The van der Waals surface area contributed by atoms with Gasteiger partial charge in [-0.25, -0.2) is 0 Å². The number of anilines is 2. The van der Waals surface area contributed by atoms with Gasteiger partial charge in [0.15, 0.2) is 0 Å². The summed E-state index contributed by atoms with van der Waals surface area (Å²) in [6, 6.07) is 0.101. The number of ether oxygens (including phenoxy) is 1. The van der Waals surface area contributed by atoms with Gasteiger partial charge in [0.2, 0.25) is 11.6 Å². The van der Waals surface area contributed by atoms with E-state index < -0.39 is 4.92 Å². The number of unbranched alkanes of at least 4 members (excludes halogenated alkanes) is 2. The normalized spacial score (nSPS) is 10.2. The number of nitrogens with one attached hydrogen (secondary N) is 2. The molecule has 20 heavy (non-hydrogen) atoms. The molecule has 1 rings (SSSR count). The molecule has 0 atom stereocenters.